The van der Waals surface area contributed by atoms with E-state index in [9.17, 15) is 9.59 Å². The summed E-state index contributed by atoms with van der Waals surface area (Å²) in [5.41, 5.74) is 2.41. The Labute approximate surface area is 163 Å². The van der Waals surface area contributed by atoms with Gasteiger partial charge >= 0.3 is 11.9 Å². The van der Waals surface area contributed by atoms with Crippen molar-refractivity contribution >= 4 is 28.5 Å². The minimum absolute atomic E-state index is 0.558. The third kappa shape index (κ3) is 5.98. The van der Waals surface area contributed by atoms with Gasteiger partial charge in [-0.05, 0) is 30.7 Å². The minimum Gasteiger partial charge on any atom is -0.478 e. The number of unbranched alkanes of at least 4 members (excludes halogenated alkanes) is 1. The molecule has 0 saturated heterocycles. The lowest BCUT2D eigenvalue weighted by molar-refractivity contribution is -0.134. The Balaban J connectivity index is 0.000000300. The fraction of sp³-hybridized carbons (Fsp3) is 0.190. The van der Waals surface area contributed by atoms with E-state index in [1.165, 1.54) is 23.0 Å². The molecule has 7 heteroatoms. The number of anilines is 1. The molecule has 28 heavy (non-hydrogen) atoms. The predicted molar refractivity (Wildman–Crippen MR) is 108 cm³/mol. The van der Waals surface area contributed by atoms with E-state index in [0.29, 0.717) is 12.2 Å². The van der Waals surface area contributed by atoms with E-state index in [4.69, 9.17) is 10.2 Å². The molecule has 0 amide bonds. The normalized spacial score (nSPS) is 10.5. The van der Waals surface area contributed by atoms with Gasteiger partial charge < -0.3 is 10.2 Å². The molecule has 2 N–H and O–H groups in total. The van der Waals surface area contributed by atoms with Crippen molar-refractivity contribution in [2.75, 3.05) is 11.6 Å². The SMILES string of the molecule is CCCCN(c1ccncc1)n1ccc2ccccc21.O=C(O)/C=C\C(=O)O. The Kier molecular flexibility index (Phi) is 7.77. The van der Waals surface area contributed by atoms with Gasteiger partial charge in [0.25, 0.3) is 0 Å². The first kappa shape index (κ1) is 20.7. The van der Waals surface area contributed by atoms with Crippen LogP contribution in [0.5, 0.6) is 0 Å². The highest BCUT2D eigenvalue weighted by atomic mass is 16.4. The van der Waals surface area contributed by atoms with Gasteiger partial charge in [-0.15, -0.1) is 0 Å². The summed E-state index contributed by atoms with van der Waals surface area (Å²) in [4.78, 5) is 23.2. The van der Waals surface area contributed by atoms with Crippen molar-refractivity contribution in [3.63, 3.8) is 0 Å². The van der Waals surface area contributed by atoms with Gasteiger partial charge in [-0.25, -0.2) is 9.59 Å². The van der Waals surface area contributed by atoms with E-state index in [1.807, 2.05) is 12.4 Å². The number of carbonyl (C=O) groups is 2. The molecule has 0 radical (unpaired) electrons. The maximum absolute atomic E-state index is 9.55. The molecule has 146 valence electrons. The second-order valence-corrected chi connectivity index (χ2v) is 5.91. The predicted octanol–water partition coefficient (Wildman–Crippen LogP) is 3.82. The lowest BCUT2D eigenvalue weighted by Gasteiger charge is -2.26. The van der Waals surface area contributed by atoms with Crippen LogP contribution in [0.2, 0.25) is 0 Å². The molecule has 3 rings (SSSR count). The van der Waals surface area contributed by atoms with Crippen LogP contribution < -0.4 is 5.01 Å². The van der Waals surface area contributed by atoms with E-state index >= 15 is 0 Å². The largest absolute Gasteiger partial charge is 0.478 e. The molecule has 2 heterocycles. The average Bonchev–Trinajstić information content (AvgIpc) is 3.12. The van der Waals surface area contributed by atoms with Crippen molar-refractivity contribution < 1.29 is 19.8 Å². The summed E-state index contributed by atoms with van der Waals surface area (Å²) in [6, 6.07) is 14.8. The molecule has 0 spiro atoms. The molecule has 0 unspecified atom stereocenters. The molecule has 1 aromatic carbocycles. The Hall–Kier alpha value is -3.61. The number of hydrogen-bond donors (Lipinski definition) is 2. The molecule has 3 aromatic rings. The zero-order valence-corrected chi connectivity index (χ0v) is 15.6. The molecular weight excluding hydrogens is 358 g/mol. The van der Waals surface area contributed by atoms with Gasteiger partial charge in [-0.3, -0.25) is 14.7 Å². The standard InChI is InChI=1S/C17H19N3.C4H4O4/c1-2-3-13-19(16-8-11-18-12-9-16)20-14-10-15-6-4-5-7-17(15)20;5-3(6)1-2-4(7)8/h4-12,14H,2-3,13H2,1H3;1-2H,(H,5,6)(H,7,8)/b;2-1-. The number of rotatable bonds is 7. The maximum atomic E-state index is 9.55. The Morgan fingerprint density at radius 3 is 2.29 bits per heavy atom. The highest BCUT2D eigenvalue weighted by Crippen LogP contribution is 2.21. The molecule has 0 atom stereocenters. The van der Waals surface area contributed by atoms with Gasteiger partial charge in [0.05, 0.1) is 11.2 Å². The van der Waals surface area contributed by atoms with E-state index in [2.05, 4.69) is 70.3 Å². The quantitative estimate of drug-likeness (QED) is 0.604. The molecule has 0 fully saturated rings. The minimum atomic E-state index is -1.26. The van der Waals surface area contributed by atoms with Crippen LogP contribution in [0.1, 0.15) is 19.8 Å². The van der Waals surface area contributed by atoms with Crippen molar-refractivity contribution in [2.24, 2.45) is 0 Å². The molecule has 2 aromatic heterocycles. The smallest absolute Gasteiger partial charge is 0.328 e. The average molecular weight is 381 g/mol. The summed E-state index contributed by atoms with van der Waals surface area (Å²) in [7, 11) is 0. The van der Waals surface area contributed by atoms with E-state index < -0.39 is 11.9 Å². The number of carboxylic acid groups (broad SMARTS) is 2. The number of hydrogen-bond acceptors (Lipinski definition) is 4. The zero-order chi connectivity index (χ0) is 20.4. The highest BCUT2D eigenvalue weighted by molar-refractivity contribution is 5.89. The van der Waals surface area contributed by atoms with Crippen LogP contribution in [-0.2, 0) is 9.59 Å². The van der Waals surface area contributed by atoms with Gasteiger partial charge in [0.2, 0.25) is 0 Å². The molecule has 0 aliphatic rings. The summed E-state index contributed by atoms with van der Waals surface area (Å²) >= 11 is 0. The fourth-order valence-electron chi connectivity index (χ4n) is 2.61. The number of aromatic nitrogens is 2. The van der Waals surface area contributed by atoms with Gasteiger partial charge in [0.1, 0.15) is 0 Å². The van der Waals surface area contributed by atoms with Crippen molar-refractivity contribution in [3.05, 3.63) is 73.2 Å². The topological polar surface area (TPSA) is 95.7 Å². The highest BCUT2D eigenvalue weighted by Gasteiger charge is 2.10. The first-order chi connectivity index (χ1) is 13.5. The van der Waals surface area contributed by atoms with Gasteiger partial charge in [-0.2, -0.15) is 0 Å². The van der Waals surface area contributed by atoms with Crippen molar-refractivity contribution in [2.45, 2.75) is 19.8 Å². The number of para-hydroxylation sites is 1. The summed E-state index contributed by atoms with van der Waals surface area (Å²) < 4.78 is 2.24. The molecule has 0 saturated carbocycles. The third-order valence-corrected chi connectivity index (χ3v) is 3.89. The number of fused-ring (bicyclic) bond motifs is 1. The molecule has 0 aliphatic heterocycles. The molecular formula is C21H23N3O4. The number of aliphatic carboxylic acids is 2. The van der Waals surface area contributed by atoms with E-state index in [1.54, 1.807) is 0 Å². The molecule has 0 aliphatic carbocycles. The van der Waals surface area contributed by atoms with Gasteiger partial charge in [0, 0.05) is 42.7 Å². The van der Waals surface area contributed by atoms with Crippen molar-refractivity contribution in [3.8, 4) is 0 Å². The van der Waals surface area contributed by atoms with Crippen LogP contribution >= 0.6 is 0 Å². The lowest BCUT2D eigenvalue weighted by atomic mass is 10.2. The van der Waals surface area contributed by atoms with E-state index in [0.717, 1.165) is 13.0 Å². The van der Waals surface area contributed by atoms with Crippen LogP contribution in [0.25, 0.3) is 10.9 Å². The Bertz CT molecular complexity index is 919. The maximum Gasteiger partial charge on any atom is 0.328 e. The van der Waals surface area contributed by atoms with E-state index in [-0.39, 0.29) is 0 Å². The van der Waals surface area contributed by atoms with Crippen molar-refractivity contribution in [1.82, 2.24) is 9.66 Å². The van der Waals surface area contributed by atoms with Crippen LogP contribution in [0.15, 0.2) is 73.2 Å². The summed E-state index contributed by atoms with van der Waals surface area (Å²) in [5.74, 6) is -2.51. The van der Waals surface area contributed by atoms with Crippen LogP contribution in [-0.4, -0.2) is 38.4 Å². The molecule has 0 bridgehead atoms. The third-order valence-electron chi connectivity index (χ3n) is 3.89. The number of pyridine rings is 1. The first-order valence-electron chi connectivity index (χ1n) is 8.90. The van der Waals surface area contributed by atoms with Gasteiger partial charge in [0.15, 0.2) is 0 Å². The van der Waals surface area contributed by atoms with Crippen LogP contribution in [0, 0.1) is 0 Å². The number of benzene rings is 1. The van der Waals surface area contributed by atoms with Crippen molar-refractivity contribution in [1.29, 1.82) is 0 Å². The number of nitrogens with zero attached hydrogens (tertiary/aromatic N) is 3. The number of carboxylic acids is 2. The Morgan fingerprint density at radius 1 is 1.04 bits per heavy atom. The second kappa shape index (κ2) is 10.5. The zero-order valence-electron chi connectivity index (χ0n) is 15.6. The molecule has 7 nitrogen and oxygen atoms in total. The second-order valence-electron chi connectivity index (χ2n) is 5.91. The summed E-state index contributed by atoms with van der Waals surface area (Å²) in [5, 5.41) is 19.2. The first-order valence-corrected chi connectivity index (χ1v) is 8.90. The Morgan fingerprint density at radius 2 is 1.68 bits per heavy atom. The van der Waals surface area contributed by atoms with Crippen LogP contribution in [0.4, 0.5) is 5.69 Å². The summed E-state index contributed by atoms with van der Waals surface area (Å²) in [6.07, 6.45) is 9.29. The lowest BCUT2D eigenvalue weighted by Crippen LogP contribution is -2.29. The summed E-state index contributed by atoms with van der Waals surface area (Å²) in [6.45, 7) is 3.22. The van der Waals surface area contributed by atoms with Gasteiger partial charge in [-0.1, -0.05) is 31.5 Å². The monoisotopic (exact) mass is 381 g/mol. The van der Waals surface area contributed by atoms with Crippen LogP contribution in [0.3, 0.4) is 0 Å². The fourth-order valence-corrected chi connectivity index (χ4v) is 2.61.